The minimum absolute atomic E-state index is 0.218. The van der Waals surface area contributed by atoms with Crippen molar-refractivity contribution in [1.29, 1.82) is 0 Å². The van der Waals surface area contributed by atoms with Gasteiger partial charge < -0.3 is 15.8 Å². The van der Waals surface area contributed by atoms with Crippen LogP contribution in [0.15, 0.2) is 41.3 Å². The van der Waals surface area contributed by atoms with Gasteiger partial charge in [0.15, 0.2) is 0 Å². The Morgan fingerprint density at radius 2 is 1.86 bits per heavy atom. The summed E-state index contributed by atoms with van der Waals surface area (Å²) in [6.07, 6.45) is 1.30. The summed E-state index contributed by atoms with van der Waals surface area (Å²) in [6, 6.07) is 9.72. The van der Waals surface area contributed by atoms with E-state index in [1.807, 2.05) is 45.0 Å². The molecule has 1 aliphatic heterocycles. The van der Waals surface area contributed by atoms with Crippen LogP contribution in [0.25, 0.3) is 5.69 Å². The summed E-state index contributed by atoms with van der Waals surface area (Å²) in [7, 11) is 0. The SMILES string of the molecule is CC(C)(C)OC(=O)NC1[C@H]2CN(Cc3ccc(-n4ccc(N)nc4=O)cc3)C[C@@H]12. The molecule has 8 nitrogen and oxygen atoms in total. The van der Waals surface area contributed by atoms with E-state index >= 15 is 0 Å². The molecule has 4 rings (SSSR count). The first-order chi connectivity index (χ1) is 13.7. The molecule has 1 aliphatic carbocycles. The van der Waals surface area contributed by atoms with Gasteiger partial charge in [0.25, 0.3) is 0 Å². The van der Waals surface area contributed by atoms with Crippen molar-refractivity contribution in [3.05, 3.63) is 52.6 Å². The lowest BCUT2D eigenvalue weighted by Crippen LogP contribution is -2.38. The van der Waals surface area contributed by atoms with Crippen LogP contribution in [0.2, 0.25) is 0 Å². The summed E-state index contributed by atoms with van der Waals surface area (Å²) >= 11 is 0. The fraction of sp³-hybridized carbons (Fsp3) is 0.476. The van der Waals surface area contributed by atoms with Gasteiger partial charge in [0.2, 0.25) is 0 Å². The first-order valence-corrected chi connectivity index (χ1v) is 9.86. The molecule has 1 saturated carbocycles. The van der Waals surface area contributed by atoms with Crippen LogP contribution in [0.5, 0.6) is 0 Å². The molecule has 2 aromatic rings. The normalized spacial score (nSPS) is 23.5. The van der Waals surface area contributed by atoms with Crippen LogP contribution >= 0.6 is 0 Å². The van der Waals surface area contributed by atoms with Crippen molar-refractivity contribution in [3.8, 4) is 5.69 Å². The average molecular weight is 397 g/mol. The molecule has 0 bridgehead atoms. The third kappa shape index (κ3) is 4.42. The second-order valence-electron chi connectivity index (χ2n) is 8.87. The maximum Gasteiger partial charge on any atom is 0.407 e. The number of hydrogen-bond acceptors (Lipinski definition) is 6. The smallest absolute Gasteiger partial charge is 0.407 e. The first-order valence-electron chi connectivity index (χ1n) is 9.86. The third-order valence-electron chi connectivity index (χ3n) is 5.40. The highest BCUT2D eigenvalue weighted by Crippen LogP contribution is 2.45. The Hall–Kier alpha value is -2.87. The molecule has 1 unspecified atom stereocenters. The molecule has 2 heterocycles. The Morgan fingerprint density at radius 3 is 2.45 bits per heavy atom. The van der Waals surface area contributed by atoms with Gasteiger partial charge in [0.1, 0.15) is 11.4 Å². The molecule has 29 heavy (non-hydrogen) atoms. The second-order valence-corrected chi connectivity index (χ2v) is 8.87. The van der Waals surface area contributed by atoms with Crippen molar-refractivity contribution >= 4 is 11.9 Å². The van der Waals surface area contributed by atoms with Gasteiger partial charge >= 0.3 is 11.8 Å². The van der Waals surface area contributed by atoms with Crippen LogP contribution < -0.4 is 16.7 Å². The fourth-order valence-electron chi connectivity index (χ4n) is 4.03. The summed E-state index contributed by atoms with van der Waals surface area (Å²) in [5.74, 6) is 1.22. The number of nitrogen functional groups attached to an aromatic ring is 1. The van der Waals surface area contributed by atoms with E-state index in [0.29, 0.717) is 11.8 Å². The highest BCUT2D eigenvalue weighted by Gasteiger charge is 2.56. The summed E-state index contributed by atoms with van der Waals surface area (Å²) < 4.78 is 6.81. The summed E-state index contributed by atoms with van der Waals surface area (Å²) in [5.41, 5.74) is 6.62. The van der Waals surface area contributed by atoms with Gasteiger partial charge in [-0.1, -0.05) is 12.1 Å². The highest BCUT2D eigenvalue weighted by atomic mass is 16.6. The molecule has 1 amide bonds. The van der Waals surface area contributed by atoms with Crippen molar-refractivity contribution in [2.24, 2.45) is 11.8 Å². The van der Waals surface area contributed by atoms with Gasteiger partial charge in [-0.2, -0.15) is 4.98 Å². The molecule has 1 saturated heterocycles. The topological polar surface area (TPSA) is 102 Å². The number of alkyl carbamates (subject to hydrolysis) is 1. The molecule has 8 heteroatoms. The molecular formula is C21H27N5O3. The van der Waals surface area contributed by atoms with Crippen LogP contribution in [0.4, 0.5) is 10.6 Å². The van der Waals surface area contributed by atoms with Gasteiger partial charge in [0, 0.05) is 31.9 Å². The van der Waals surface area contributed by atoms with Gasteiger partial charge in [0.05, 0.1) is 5.69 Å². The Labute approximate surface area is 169 Å². The number of amides is 1. The number of fused-ring (bicyclic) bond motifs is 1. The number of carbonyl (C=O) groups is 1. The lowest BCUT2D eigenvalue weighted by molar-refractivity contribution is 0.0513. The van der Waals surface area contributed by atoms with E-state index in [1.54, 1.807) is 12.3 Å². The van der Waals surface area contributed by atoms with E-state index in [9.17, 15) is 9.59 Å². The largest absolute Gasteiger partial charge is 0.444 e. The highest BCUT2D eigenvalue weighted by molar-refractivity contribution is 5.68. The number of likely N-dealkylation sites (tertiary alicyclic amines) is 1. The number of nitrogens with zero attached hydrogens (tertiary/aromatic N) is 3. The number of aromatic nitrogens is 2. The summed E-state index contributed by atoms with van der Waals surface area (Å²) in [4.78, 5) is 30.0. The molecule has 2 aliphatic rings. The van der Waals surface area contributed by atoms with Crippen LogP contribution in [-0.2, 0) is 11.3 Å². The van der Waals surface area contributed by atoms with E-state index in [0.717, 1.165) is 25.3 Å². The van der Waals surface area contributed by atoms with Crippen molar-refractivity contribution in [2.45, 2.75) is 39.0 Å². The standard InChI is InChI=1S/C21H27N5O3/c1-21(2,3)29-20(28)24-18-15-11-25(12-16(15)18)10-13-4-6-14(7-5-13)26-9-8-17(22)23-19(26)27/h4-9,15-16,18H,10-12H2,1-3H3,(H,24,28)(H2,22,23,27)/t15-,16+,18?. The summed E-state index contributed by atoms with van der Waals surface area (Å²) in [5, 5.41) is 3.00. The summed E-state index contributed by atoms with van der Waals surface area (Å²) in [6.45, 7) is 8.39. The number of hydrogen-bond donors (Lipinski definition) is 2. The molecule has 1 aromatic heterocycles. The van der Waals surface area contributed by atoms with Crippen molar-refractivity contribution in [3.63, 3.8) is 0 Å². The second kappa shape index (κ2) is 7.18. The molecule has 3 atom stereocenters. The quantitative estimate of drug-likeness (QED) is 0.815. The maximum absolute atomic E-state index is 12.0. The molecule has 3 N–H and O–H groups in total. The number of rotatable bonds is 4. The zero-order valence-electron chi connectivity index (χ0n) is 17.0. The Bertz CT molecular complexity index is 952. The maximum atomic E-state index is 12.0. The van der Waals surface area contributed by atoms with Crippen molar-refractivity contribution < 1.29 is 9.53 Å². The minimum atomic E-state index is -0.472. The molecule has 154 valence electrons. The number of nitrogens with two attached hydrogens (primary N) is 1. The number of anilines is 1. The number of nitrogens with one attached hydrogen (secondary N) is 1. The lowest BCUT2D eigenvalue weighted by Gasteiger charge is -2.22. The number of benzene rings is 1. The molecular weight excluding hydrogens is 370 g/mol. The van der Waals surface area contributed by atoms with Gasteiger partial charge in [-0.15, -0.1) is 0 Å². The minimum Gasteiger partial charge on any atom is -0.444 e. The molecule has 1 aromatic carbocycles. The number of carbonyl (C=O) groups excluding carboxylic acids is 1. The van der Waals surface area contributed by atoms with E-state index in [-0.39, 0.29) is 23.6 Å². The zero-order chi connectivity index (χ0) is 20.8. The van der Waals surface area contributed by atoms with Crippen molar-refractivity contribution in [2.75, 3.05) is 18.8 Å². The van der Waals surface area contributed by atoms with E-state index < -0.39 is 5.60 Å². The molecule has 2 fully saturated rings. The van der Waals surface area contributed by atoms with Gasteiger partial charge in [-0.05, 0) is 56.4 Å². The number of ether oxygens (including phenoxy) is 1. The van der Waals surface area contributed by atoms with Crippen LogP contribution in [-0.4, -0.2) is 45.3 Å². The molecule has 0 radical (unpaired) electrons. The van der Waals surface area contributed by atoms with E-state index in [2.05, 4.69) is 15.2 Å². The van der Waals surface area contributed by atoms with Crippen molar-refractivity contribution in [1.82, 2.24) is 19.8 Å². The van der Waals surface area contributed by atoms with Crippen LogP contribution in [0.3, 0.4) is 0 Å². The van der Waals surface area contributed by atoms with Gasteiger partial charge in [-0.3, -0.25) is 9.47 Å². The Kier molecular flexibility index (Phi) is 4.82. The predicted octanol–water partition coefficient (Wildman–Crippen LogP) is 1.77. The van der Waals surface area contributed by atoms with Crippen LogP contribution in [0, 0.1) is 11.8 Å². The average Bonchev–Trinajstić information content (AvgIpc) is 3.06. The van der Waals surface area contributed by atoms with Gasteiger partial charge in [-0.25, -0.2) is 9.59 Å². The Balaban J connectivity index is 1.29. The molecule has 0 spiro atoms. The third-order valence-corrected chi connectivity index (χ3v) is 5.40. The first kappa shape index (κ1) is 19.4. The monoisotopic (exact) mass is 397 g/mol. The van der Waals surface area contributed by atoms with E-state index in [1.165, 1.54) is 10.1 Å². The number of piperidine rings is 1. The van der Waals surface area contributed by atoms with Crippen LogP contribution in [0.1, 0.15) is 26.3 Å². The predicted molar refractivity (Wildman–Crippen MR) is 110 cm³/mol. The lowest BCUT2D eigenvalue weighted by atomic mass is 10.2. The zero-order valence-corrected chi connectivity index (χ0v) is 17.0. The van der Waals surface area contributed by atoms with E-state index in [4.69, 9.17) is 10.5 Å². The Morgan fingerprint density at radius 1 is 1.21 bits per heavy atom. The fourth-order valence-corrected chi connectivity index (χ4v) is 4.03.